The van der Waals surface area contributed by atoms with Crippen molar-refractivity contribution in [2.45, 2.75) is 31.1 Å². The van der Waals surface area contributed by atoms with Gasteiger partial charge in [0.15, 0.2) is 12.4 Å². The van der Waals surface area contributed by atoms with Crippen LogP contribution < -0.4 is 14.4 Å². The van der Waals surface area contributed by atoms with Crippen LogP contribution >= 0.6 is 0 Å². The van der Waals surface area contributed by atoms with E-state index in [0.29, 0.717) is 29.1 Å². The summed E-state index contributed by atoms with van der Waals surface area (Å²) in [7, 11) is -2.34. The molecule has 1 amide bonds. The lowest BCUT2D eigenvalue weighted by molar-refractivity contribution is -0.118. The van der Waals surface area contributed by atoms with Crippen molar-refractivity contribution in [3.05, 3.63) is 83.4 Å². The molecule has 4 rings (SSSR count). The number of nitrogens with zero attached hydrogens (tertiary/aromatic N) is 1. The Bertz CT molecular complexity index is 1350. The van der Waals surface area contributed by atoms with Crippen LogP contribution in [0.1, 0.15) is 40.7 Å². The van der Waals surface area contributed by atoms with Crippen LogP contribution in [0.3, 0.4) is 0 Å². The van der Waals surface area contributed by atoms with E-state index in [1.54, 1.807) is 42.5 Å². The summed E-state index contributed by atoms with van der Waals surface area (Å²) in [6.07, 6.45) is 0.432. The number of aryl methyl sites for hydroxylation is 1. The number of sulfonamides is 1. The van der Waals surface area contributed by atoms with E-state index in [4.69, 9.17) is 4.74 Å². The van der Waals surface area contributed by atoms with Crippen molar-refractivity contribution in [1.82, 2.24) is 0 Å². The Kier molecular flexibility index (Phi) is 6.43. The number of fused-ring (bicyclic) bond motifs is 1. The van der Waals surface area contributed by atoms with Crippen molar-refractivity contribution in [2.75, 3.05) is 23.3 Å². The summed E-state index contributed by atoms with van der Waals surface area (Å²) in [4.78, 5) is 25.0. The molecule has 0 heterocycles. The molecule has 0 spiro atoms. The van der Waals surface area contributed by atoms with Crippen molar-refractivity contribution < 1.29 is 22.7 Å². The van der Waals surface area contributed by atoms with Gasteiger partial charge in [0.1, 0.15) is 5.75 Å². The SMILES string of the molecule is Cc1ccc(OCC(=O)Nc2cccc(S(=O)(=O)N(C)c3ccccc3)c2)c2c1C(C)CC2=O. The minimum Gasteiger partial charge on any atom is -0.483 e. The summed E-state index contributed by atoms with van der Waals surface area (Å²) in [6.45, 7) is 3.65. The minimum atomic E-state index is -3.81. The molecule has 0 radical (unpaired) electrons. The van der Waals surface area contributed by atoms with Crippen LogP contribution in [0, 0.1) is 6.92 Å². The summed E-state index contributed by atoms with van der Waals surface area (Å²) in [5.41, 5.74) is 3.42. The molecule has 0 saturated carbocycles. The molecule has 1 atom stereocenters. The van der Waals surface area contributed by atoms with Crippen molar-refractivity contribution in [3.63, 3.8) is 0 Å². The van der Waals surface area contributed by atoms with Crippen LogP contribution in [0.2, 0.25) is 0 Å². The van der Waals surface area contributed by atoms with Crippen molar-refractivity contribution in [2.24, 2.45) is 0 Å². The zero-order valence-electron chi connectivity index (χ0n) is 19.2. The number of benzene rings is 3. The van der Waals surface area contributed by atoms with Gasteiger partial charge in [-0.1, -0.05) is 37.3 Å². The summed E-state index contributed by atoms with van der Waals surface area (Å²) in [5.74, 6) is 0.0744. The molecular formula is C26H26N2O5S. The predicted molar refractivity (Wildman–Crippen MR) is 131 cm³/mol. The van der Waals surface area contributed by atoms with Gasteiger partial charge in [0.05, 0.1) is 16.1 Å². The summed E-state index contributed by atoms with van der Waals surface area (Å²) in [5, 5.41) is 2.67. The van der Waals surface area contributed by atoms with E-state index in [1.807, 2.05) is 26.0 Å². The number of rotatable bonds is 7. The quantitative estimate of drug-likeness (QED) is 0.539. The van der Waals surface area contributed by atoms with Crippen LogP contribution in [0.5, 0.6) is 5.75 Å². The lowest BCUT2D eigenvalue weighted by atomic mass is 9.97. The highest BCUT2D eigenvalue weighted by Crippen LogP contribution is 2.40. The van der Waals surface area contributed by atoms with Gasteiger partial charge < -0.3 is 10.1 Å². The molecular weight excluding hydrogens is 452 g/mol. The topological polar surface area (TPSA) is 92.8 Å². The Morgan fingerprint density at radius 2 is 1.82 bits per heavy atom. The molecule has 8 heteroatoms. The lowest BCUT2D eigenvalue weighted by Crippen LogP contribution is -2.26. The molecule has 7 nitrogen and oxygen atoms in total. The zero-order chi connectivity index (χ0) is 24.5. The molecule has 1 aliphatic rings. The fourth-order valence-corrected chi connectivity index (χ4v) is 5.48. The Labute approximate surface area is 199 Å². The van der Waals surface area contributed by atoms with Gasteiger partial charge in [-0.05, 0) is 60.4 Å². The highest BCUT2D eigenvalue weighted by Gasteiger charge is 2.31. The van der Waals surface area contributed by atoms with Gasteiger partial charge in [-0.3, -0.25) is 13.9 Å². The van der Waals surface area contributed by atoms with Crippen molar-refractivity contribution in [3.8, 4) is 5.75 Å². The Morgan fingerprint density at radius 1 is 1.09 bits per heavy atom. The number of carbonyl (C=O) groups is 2. The third kappa shape index (κ3) is 4.54. The van der Waals surface area contributed by atoms with E-state index in [-0.39, 0.29) is 23.2 Å². The minimum absolute atomic E-state index is 0.0158. The summed E-state index contributed by atoms with van der Waals surface area (Å²) in [6, 6.07) is 18.4. The molecule has 0 fully saturated rings. The second-order valence-corrected chi connectivity index (χ2v) is 10.3. The third-order valence-electron chi connectivity index (χ3n) is 5.94. The van der Waals surface area contributed by atoms with Gasteiger partial charge in [-0.25, -0.2) is 8.42 Å². The van der Waals surface area contributed by atoms with E-state index in [0.717, 1.165) is 11.1 Å². The number of anilines is 2. The highest BCUT2D eigenvalue weighted by atomic mass is 32.2. The number of ketones is 1. The standard InChI is InChI=1S/C26H26N2O5S/c1-17-12-13-23(26-22(29)14-18(2)25(17)26)33-16-24(30)27-19-8-7-11-21(15-19)34(31,32)28(3)20-9-5-4-6-10-20/h4-13,15,18H,14,16H2,1-3H3,(H,27,30). The lowest BCUT2D eigenvalue weighted by Gasteiger charge is -2.20. The van der Waals surface area contributed by atoms with E-state index < -0.39 is 15.9 Å². The Balaban J connectivity index is 1.46. The van der Waals surface area contributed by atoms with Crippen LogP contribution in [0.4, 0.5) is 11.4 Å². The molecule has 0 aromatic heterocycles. The first-order chi connectivity index (χ1) is 16.2. The predicted octanol–water partition coefficient (Wildman–Crippen LogP) is 4.53. The second-order valence-electron chi connectivity index (χ2n) is 8.37. The van der Waals surface area contributed by atoms with Gasteiger partial charge in [-0.15, -0.1) is 0 Å². The molecule has 34 heavy (non-hydrogen) atoms. The monoisotopic (exact) mass is 478 g/mol. The molecule has 0 bridgehead atoms. The zero-order valence-corrected chi connectivity index (χ0v) is 20.1. The first-order valence-electron chi connectivity index (χ1n) is 10.9. The number of nitrogens with one attached hydrogen (secondary N) is 1. The van der Waals surface area contributed by atoms with Crippen molar-refractivity contribution >= 4 is 33.1 Å². The normalized spacial score (nSPS) is 15.0. The largest absolute Gasteiger partial charge is 0.483 e. The number of amides is 1. The smallest absolute Gasteiger partial charge is 0.264 e. The highest BCUT2D eigenvalue weighted by molar-refractivity contribution is 7.92. The van der Waals surface area contributed by atoms with Gasteiger partial charge >= 0.3 is 0 Å². The van der Waals surface area contributed by atoms with E-state index >= 15 is 0 Å². The molecule has 0 aliphatic heterocycles. The molecule has 176 valence electrons. The average Bonchev–Trinajstić information content (AvgIpc) is 3.13. The number of hydrogen-bond donors (Lipinski definition) is 1. The summed E-state index contributed by atoms with van der Waals surface area (Å²) < 4.78 is 32.9. The number of Topliss-reactive ketones (excluding diaryl/α,β-unsaturated/α-hetero) is 1. The fraction of sp³-hybridized carbons (Fsp3) is 0.231. The first kappa shape index (κ1) is 23.5. The van der Waals surface area contributed by atoms with E-state index in [2.05, 4.69) is 5.32 Å². The van der Waals surface area contributed by atoms with Crippen LogP contribution in [-0.2, 0) is 14.8 Å². The van der Waals surface area contributed by atoms with Crippen LogP contribution in [0.25, 0.3) is 0 Å². The maximum Gasteiger partial charge on any atom is 0.264 e. The van der Waals surface area contributed by atoms with E-state index in [9.17, 15) is 18.0 Å². The van der Waals surface area contributed by atoms with Gasteiger partial charge in [0.25, 0.3) is 15.9 Å². The third-order valence-corrected chi connectivity index (χ3v) is 7.72. The molecule has 3 aromatic rings. The molecule has 1 N–H and O–H groups in total. The maximum atomic E-state index is 13.0. The summed E-state index contributed by atoms with van der Waals surface area (Å²) >= 11 is 0. The Morgan fingerprint density at radius 3 is 2.56 bits per heavy atom. The van der Waals surface area contributed by atoms with E-state index in [1.165, 1.54) is 23.5 Å². The maximum absolute atomic E-state index is 13.0. The second kappa shape index (κ2) is 9.30. The molecule has 1 unspecified atom stereocenters. The molecule has 0 saturated heterocycles. The van der Waals surface area contributed by atoms with Crippen molar-refractivity contribution in [1.29, 1.82) is 0 Å². The van der Waals surface area contributed by atoms with Gasteiger partial charge in [0.2, 0.25) is 0 Å². The fourth-order valence-electron chi connectivity index (χ4n) is 4.24. The van der Waals surface area contributed by atoms with Gasteiger partial charge in [0, 0.05) is 19.2 Å². The van der Waals surface area contributed by atoms with Crippen LogP contribution in [0.15, 0.2) is 71.6 Å². The number of para-hydroxylation sites is 1. The molecule has 1 aliphatic carbocycles. The molecule has 3 aromatic carbocycles. The number of ether oxygens (including phenoxy) is 1. The number of carbonyl (C=O) groups excluding carboxylic acids is 2. The average molecular weight is 479 g/mol. The van der Waals surface area contributed by atoms with Gasteiger partial charge in [-0.2, -0.15) is 0 Å². The number of hydrogen-bond acceptors (Lipinski definition) is 5. The Hall–Kier alpha value is -3.65. The van der Waals surface area contributed by atoms with Crippen LogP contribution in [-0.4, -0.2) is 33.8 Å². The first-order valence-corrected chi connectivity index (χ1v) is 12.4.